The van der Waals surface area contributed by atoms with Crippen LogP contribution in [0.2, 0.25) is 10.0 Å². The molecule has 3 aromatic carbocycles. The van der Waals surface area contributed by atoms with Gasteiger partial charge in [-0.15, -0.1) is 0 Å². The van der Waals surface area contributed by atoms with Crippen molar-refractivity contribution >= 4 is 46.6 Å². The van der Waals surface area contributed by atoms with E-state index >= 15 is 0 Å². The topological polar surface area (TPSA) is 83.0 Å². The Morgan fingerprint density at radius 1 is 1.02 bits per heavy atom. The second-order valence-corrected chi connectivity index (χ2v) is 11.8. The number of halogens is 2. The number of fused-ring (bicyclic) bond motifs is 1. The zero-order chi connectivity index (χ0) is 30.8. The summed E-state index contributed by atoms with van der Waals surface area (Å²) in [6.07, 6.45) is 1.80. The molecule has 1 atom stereocenters. The third-order valence-corrected chi connectivity index (χ3v) is 8.77. The molecule has 7 nitrogen and oxygen atoms in total. The number of hydrogen-bond acceptors (Lipinski definition) is 7. The van der Waals surface area contributed by atoms with Crippen LogP contribution in [0, 0.1) is 0 Å². The zero-order valence-electron chi connectivity index (χ0n) is 23.8. The summed E-state index contributed by atoms with van der Waals surface area (Å²) in [6.45, 7) is 4.09. The number of allylic oxidation sites excluding steroid dienone is 1. The van der Waals surface area contributed by atoms with E-state index in [2.05, 4.69) is 4.99 Å². The number of rotatable bonds is 8. The Morgan fingerprint density at radius 3 is 2.52 bits per heavy atom. The fourth-order valence-electron chi connectivity index (χ4n) is 4.92. The van der Waals surface area contributed by atoms with E-state index in [9.17, 15) is 9.59 Å². The first-order valence-electron chi connectivity index (χ1n) is 13.8. The number of carbonyl (C=O) groups excluding carboxylic acids is 1. The molecule has 6 rings (SSSR count). The van der Waals surface area contributed by atoms with Gasteiger partial charge >= 0.3 is 5.97 Å². The molecule has 3 heterocycles. The smallest absolute Gasteiger partial charge is 0.338 e. The second kappa shape index (κ2) is 12.7. The van der Waals surface area contributed by atoms with Gasteiger partial charge in [0.1, 0.15) is 29.9 Å². The van der Waals surface area contributed by atoms with E-state index in [4.69, 9.17) is 37.1 Å². The van der Waals surface area contributed by atoms with Gasteiger partial charge in [-0.25, -0.2) is 9.79 Å². The minimum Gasteiger partial charge on any atom is -0.489 e. The molecule has 0 aliphatic carbocycles. The number of furan rings is 1. The third-order valence-electron chi connectivity index (χ3n) is 7.04. The number of benzene rings is 3. The van der Waals surface area contributed by atoms with Crippen LogP contribution in [-0.4, -0.2) is 17.1 Å². The van der Waals surface area contributed by atoms with Gasteiger partial charge in [0.25, 0.3) is 5.56 Å². The van der Waals surface area contributed by atoms with E-state index in [0.29, 0.717) is 48.8 Å². The SMILES string of the molecule is CCOC(=O)C1=C(C)N=c2s/c(=C\c3ccc(OCc4ccccc4)cc3)c(=O)n2[C@H]1c1ccc(-c2ccc(Cl)c(Cl)c2)o1. The van der Waals surface area contributed by atoms with Crippen molar-refractivity contribution in [2.75, 3.05) is 6.61 Å². The summed E-state index contributed by atoms with van der Waals surface area (Å²) in [5, 5.41) is 0.806. The molecule has 1 aliphatic rings. The second-order valence-electron chi connectivity index (χ2n) is 9.98. The van der Waals surface area contributed by atoms with Crippen molar-refractivity contribution in [3.8, 4) is 17.1 Å². The maximum atomic E-state index is 13.9. The molecule has 0 N–H and O–H groups in total. The van der Waals surface area contributed by atoms with Crippen molar-refractivity contribution in [2.24, 2.45) is 4.99 Å². The lowest BCUT2D eigenvalue weighted by atomic mass is 10.0. The minimum absolute atomic E-state index is 0.171. The first kappa shape index (κ1) is 29.7. The molecule has 0 amide bonds. The molecule has 2 aromatic heterocycles. The molecule has 0 saturated heterocycles. The van der Waals surface area contributed by atoms with E-state index in [1.807, 2.05) is 54.6 Å². The molecule has 44 heavy (non-hydrogen) atoms. The normalized spacial score (nSPS) is 14.7. The molecular weight excluding hydrogens is 619 g/mol. The van der Waals surface area contributed by atoms with E-state index < -0.39 is 12.0 Å². The van der Waals surface area contributed by atoms with Crippen LogP contribution in [0.3, 0.4) is 0 Å². The highest BCUT2D eigenvalue weighted by Crippen LogP contribution is 2.35. The molecule has 0 bridgehead atoms. The molecule has 0 radical (unpaired) electrons. The van der Waals surface area contributed by atoms with Crippen LogP contribution < -0.4 is 19.6 Å². The van der Waals surface area contributed by atoms with Crippen LogP contribution in [0.5, 0.6) is 5.75 Å². The summed E-state index contributed by atoms with van der Waals surface area (Å²) in [4.78, 5) is 32.2. The summed E-state index contributed by atoms with van der Waals surface area (Å²) < 4.78 is 19.5. The minimum atomic E-state index is -0.877. The van der Waals surface area contributed by atoms with Crippen molar-refractivity contribution in [2.45, 2.75) is 26.5 Å². The monoisotopic (exact) mass is 644 g/mol. The van der Waals surface area contributed by atoms with Gasteiger partial charge in [-0.2, -0.15) is 0 Å². The first-order valence-corrected chi connectivity index (χ1v) is 15.4. The molecule has 0 fully saturated rings. The lowest BCUT2D eigenvalue weighted by molar-refractivity contribution is -0.139. The Hall–Kier alpha value is -4.37. The van der Waals surface area contributed by atoms with Gasteiger partial charge in [-0.05, 0) is 73.5 Å². The standard InChI is InChI=1S/C34H26Cl2N2O5S/c1-3-41-33(40)30-20(2)37-34-38(31(30)28-16-15-27(43-28)23-11-14-25(35)26(36)18-23)32(39)29(44-34)17-21-9-12-24(13-10-21)42-19-22-7-5-4-6-8-22/h4-18,31H,3,19H2,1-2H3/b29-17-/t31-/m0/s1. The maximum Gasteiger partial charge on any atom is 0.338 e. The number of aromatic nitrogens is 1. The van der Waals surface area contributed by atoms with Gasteiger partial charge < -0.3 is 13.9 Å². The Bertz CT molecular complexity index is 2060. The Kier molecular flexibility index (Phi) is 8.57. The van der Waals surface area contributed by atoms with Crippen LogP contribution in [0.4, 0.5) is 0 Å². The summed E-state index contributed by atoms with van der Waals surface area (Å²) in [7, 11) is 0. The Balaban J connectivity index is 1.37. The summed E-state index contributed by atoms with van der Waals surface area (Å²) >= 11 is 13.6. The van der Waals surface area contributed by atoms with Crippen molar-refractivity contribution in [3.05, 3.63) is 143 Å². The molecule has 1 aliphatic heterocycles. The average Bonchev–Trinajstić information content (AvgIpc) is 3.63. The number of hydrogen-bond donors (Lipinski definition) is 0. The predicted molar refractivity (Wildman–Crippen MR) is 172 cm³/mol. The van der Waals surface area contributed by atoms with E-state index in [-0.39, 0.29) is 17.7 Å². The van der Waals surface area contributed by atoms with E-state index in [1.54, 1.807) is 50.3 Å². The van der Waals surface area contributed by atoms with Crippen LogP contribution in [0.25, 0.3) is 17.4 Å². The quantitative estimate of drug-likeness (QED) is 0.171. The number of nitrogens with zero attached hydrogens (tertiary/aromatic N) is 2. The molecule has 0 unspecified atom stereocenters. The highest BCUT2D eigenvalue weighted by Gasteiger charge is 2.35. The number of carbonyl (C=O) groups is 1. The summed E-state index contributed by atoms with van der Waals surface area (Å²) in [5.74, 6) is 1.05. The Morgan fingerprint density at radius 2 is 1.80 bits per heavy atom. The highest BCUT2D eigenvalue weighted by molar-refractivity contribution is 7.07. The number of thiazole rings is 1. The summed E-state index contributed by atoms with van der Waals surface area (Å²) in [5.41, 5.74) is 2.98. The van der Waals surface area contributed by atoms with Gasteiger partial charge in [-0.3, -0.25) is 9.36 Å². The third kappa shape index (κ3) is 6.01. The summed E-state index contributed by atoms with van der Waals surface area (Å²) in [6, 6.07) is 25.2. The number of ether oxygens (including phenoxy) is 2. The molecular formula is C34H26Cl2N2O5S. The van der Waals surface area contributed by atoms with E-state index in [1.165, 1.54) is 15.9 Å². The molecule has 0 spiro atoms. The van der Waals surface area contributed by atoms with Gasteiger partial charge in [-0.1, -0.05) is 77.0 Å². The van der Waals surface area contributed by atoms with Crippen molar-refractivity contribution < 1.29 is 18.7 Å². The predicted octanol–water partition coefficient (Wildman–Crippen LogP) is 6.94. The first-order chi connectivity index (χ1) is 21.3. The van der Waals surface area contributed by atoms with Crippen LogP contribution in [0.1, 0.15) is 36.8 Å². The van der Waals surface area contributed by atoms with Gasteiger partial charge in [0.05, 0.1) is 32.5 Å². The fraction of sp³-hybridized carbons (Fsp3) is 0.147. The zero-order valence-corrected chi connectivity index (χ0v) is 26.1. The maximum absolute atomic E-state index is 13.9. The lowest BCUT2D eigenvalue weighted by Gasteiger charge is -2.22. The Labute approximate surface area is 266 Å². The van der Waals surface area contributed by atoms with E-state index in [0.717, 1.165) is 16.9 Å². The highest BCUT2D eigenvalue weighted by atomic mass is 35.5. The van der Waals surface area contributed by atoms with Crippen LogP contribution >= 0.6 is 34.5 Å². The largest absolute Gasteiger partial charge is 0.489 e. The van der Waals surface area contributed by atoms with Crippen LogP contribution in [0.15, 0.2) is 110 Å². The van der Waals surface area contributed by atoms with Gasteiger partial charge in [0.15, 0.2) is 4.80 Å². The van der Waals surface area contributed by atoms with Crippen molar-refractivity contribution in [3.63, 3.8) is 0 Å². The van der Waals surface area contributed by atoms with Gasteiger partial charge in [0, 0.05) is 5.56 Å². The van der Waals surface area contributed by atoms with Gasteiger partial charge in [0.2, 0.25) is 0 Å². The lowest BCUT2D eigenvalue weighted by Crippen LogP contribution is -2.39. The van der Waals surface area contributed by atoms with Crippen molar-refractivity contribution in [1.29, 1.82) is 0 Å². The van der Waals surface area contributed by atoms with Crippen molar-refractivity contribution in [1.82, 2.24) is 4.57 Å². The molecule has 222 valence electrons. The molecule has 5 aromatic rings. The average molecular weight is 646 g/mol. The number of esters is 1. The van der Waals surface area contributed by atoms with Crippen LogP contribution in [-0.2, 0) is 16.1 Å². The molecule has 10 heteroatoms. The molecule has 0 saturated carbocycles. The fourth-order valence-corrected chi connectivity index (χ4v) is 6.26.